The van der Waals surface area contributed by atoms with Gasteiger partial charge in [0, 0.05) is 0 Å². The van der Waals surface area contributed by atoms with Crippen LogP contribution >= 0.6 is 0 Å². The zero-order valence-electron chi connectivity index (χ0n) is 6.83. The van der Waals surface area contributed by atoms with E-state index in [2.05, 4.69) is 11.3 Å². The van der Waals surface area contributed by atoms with Crippen molar-refractivity contribution in [2.24, 2.45) is 0 Å². The van der Waals surface area contributed by atoms with Gasteiger partial charge in [-0.05, 0) is 13.0 Å². The maximum absolute atomic E-state index is 10.9. The van der Waals surface area contributed by atoms with E-state index in [-0.39, 0.29) is 5.97 Å². The van der Waals surface area contributed by atoms with Crippen LogP contribution < -0.4 is 0 Å². The van der Waals surface area contributed by atoms with Crippen molar-refractivity contribution in [2.45, 2.75) is 6.92 Å². The maximum Gasteiger partial charge on any atom is 0.337 e. The molecular formula is C9H12O2. The Morgan fingerprint density at radius 3 is 2.55 bits per heavy atom. The highest BCUT2D eigenvalue weighted by molar-refractivity contribution is 5.91. The number of ether oxygens (including phenoxy) is 1. The van der Waals surface area contributed by atoms with Crippen LogP contribution in [0.5, 0.6) is 0 Å². The molecule has 0 spiro atoms. The lowest BCUT2D eigenvalue weighted by Gasteiger charge is -1.96. The lowest BCUT2D eigenvalue weighted by molar-refractivity contribution is -0.135. The Morgan fingerprint density at radius 1 is 1.55 bits per heavy atom. The molecule has 0 aliphatic heterocycles. The molecule has 0 rings (SSSR count). The molecule has 0 saturated carbocycles. The van der Waals surface area contributed by atoms with E-state index in [1.54, 1.807) is 31.2 Å². The van der Waals surface area contributed by atoms with Crippen molar-refractivity contribution < 1.29 is 9.53 Å². The second-order valence-electron chi connectivity index (χ2n) is 1.83. The number of rotatable bonds is 3. The number of hydrogen-bond donors (Lipinski definition) is 0. The summed E-state index contributed by atoms with van der Waals surface area (Å²) < 4.78 is 4.51. The smallest absolute Gasteiger partial charge is 0.337 e. The highest BCUT2D eigenvalue weighted by Gasteiger charge is 2.01. The number of esters is 1. The SMILES string of the molecule is C=C/C=C\C(=C/C)C(=O)OC. The van der Waals surface area contributed by atoms with Crippen molar-refractivity contribution in [3.05, 3.63) is 36.5 Å². The fourth-order valence-corrected chi connectivity index (χ4v) is 0.572. The lowest BCUT2D eigenvalue weighted by Crippen LogP contribution is -2.01. The monoisotopic (exact) mass is 152 g/mol. The first kappa shape index (κ1) is 9.69. The van der Waals surface area contributed by atoms with Gasteiger partial charge in [0.05, 0.1) is 12.7 Å². The second-order valence-corrected chi connectivity index (χ2v) is 1.83. The zero-order chi connectivity index (χ0) is 8.69. The number of allylic oxidation sites excluding steroid dienone is 3. The van der Waals surface area contributed by atoms with E-state index in [1.165, 1.54) is 7.11 Å². The largest absolute Gasteiger partial charge is 0.465 e. The summed E-state index contributed by atoms with van der Waals surface area (Å²) in [5.74, 6) is -0.328. The molecule has 0 unspecified atom stereocenters. The first-order valence-corrected chi connectivity index (χ1v) is 3.30. The topological polar surface area (TPSA) is 26.3 Å². The van der Waals surface area contributed by atoms with Gasteiger partial charge in [0.1, 0.15) is 0 Å². The molecule has 0 saturated heterocycles. The van der Waals surface area contributed by atoms with E-state index in [1.807, 2.05) is 0 Å². The molecule has 0 aliphatic carbocycles. The van der Waals surface area contributed by atoms with Gasteiger partial charge in [-0.3, -0.25) is 0 Å². The fourth-order valence-electron chi connectivity index (χ4n) is 0.572. The predicted molar refractivity (Wildman–Crippen MR) is 45.1 cm³/mol. The fraction of sp³-hybridized carbons (Fsp3) is 0.222. The van der Waals surface area contributed by atoms with Crippen LogP contribution in [0.15, 0.2) is 36.5 Å². The van der Waals surface area contributed by atoms with Crippen molar-refractivity contribution >= 4 is 5.97 Å². The van der Waals surface area contributed by atoms with Crippen LogP contribution in [0.4, 0.5) is 0 Å². The highest BCUT2D eigenvalue weighted by Crippen LogP contribution is 1.98. The van der Waals surface area contributed by atoms with Crippen LogP contribution in [0, 0.1) is 0 Å². The lowest BCUT2D eigenvalue weighted by atomic mass is 10.2. The third-order valence-corrected chi connectivity index (χ3v) is 1.14. The standard InChI is InChI=1S/C9H12O2/c1-4-6-7-8(5-2)9(10)11-3/h4-7H,1H2,2-3H3/b7-6-,8-5+. The Bertz CT molecular complexity index is 200. The molecule has 0 aliphatic rings. The minimum absolute atomic E-state index is 0.328. The van der Waals surface area contributed by atoms with Crippen molar-refractivity contribution in [3.8, 4) is 0 Å². The van der Waals surface area contributed by atoms with Crippen LogP contribution in [-0.4, -0.2) is 13.1 Å². The van der Waals surface area contributed by atoms with Crippen LogP contribution in [-0.2, 0) is 9.53 Å². The highest BCUT2D eigenvalue weighted by atomic mass is 16.5. The summed E-state index contributed by atoms with van der Waals surface area (Å²) in [7, 11) is 1.35. The number of hydrogen-bond acceptors (Lipinski definition) is 2. The molecule has 0 heterocycles. The number of methoxy groups -OCH3 is 1. The van der Waals surface area contributed by atoms with E-state index in [9.17, 15) is 4.79 Å². The van der Waals surface area contributed by atoms with Crippen molar-refractivity contribution in [2.75, 3.05) is 7.11 Å². The summed E-state index contributed by atoms with van der Waals surface area (Å²) in [5.41, 5.74) is 0.535. The summed E-state index contributed by atoms with van der Waals surface area (Å²) in [4.78, 5) is 10.9. The third-order valence-electron chi connectivity index (χ3n) is 1.14. The maximum atomic E-state index is 10.9. The molecule has 0 fully saturated rings. The molecule has 2 heteroatoms. The zero-order valence-corrected chi connectivity index (χ0v) is 6.83. The van der Waals surface area contributed by atoms with Gasteiger partial charge in [0.15, 0.2) is 0 Å². The molecule has 0 amide bonds. The van der Waals surface area contributed by atoms with Crippen molar-refractivity contribution in [3.63, 3.8) is 0 Å². The predicted octanol–water partition coefficient (Wildman–Crippen LogP) is 1.85. The molecule has 60 valence electrons. The summed E-state index contributed by atoms with van der Waals surface area (Å²) in [5, 5.41) is 0. The average molecular weight is 152 g/mol. The molecular weight excluding hydrogens is 140 g/mol. The normalized spacial score (nSPS) is 11.6. The van der Waals surface area contributed by atoms with Crippen molar-refractivity contribution in [1.29, 1.82) is 0 Å². The average Bonchev–Trinajstić information content (AvgIpc) is 2.05. The van der Waals surface area contributed by atoms with Gasteiger partial charge in [0.2, 0.25) is 0 Å². The Balaban J connectivity index is 4.31. The first-order valence-electron chi connectivity index (χ1n) is 3.30. The summed E-state index contributed by atoms with van der Waals surface area (Å²) >= 11 is 0. The van der Waals surface area contributed by atoms with Gasteiger partial charge < -0.3 is 4.74 Å². The Kier molecular flexibility index (Phi) is 4.82. The van der Waals surface area contributed by atoms with Crippen LogP contribution in [0.2, 0.25) is 0 Å². The van der Waals surface area contributed by atoms with E-state index in [0.29, 0.717) is 5.57 Å². The Morgan fingerprint density at radius 2 is 2.18 bits per heavy atom. The van der Waals surface area contributed by atoms with E-state index in [4.69, 9.17) is 0 Å². The van der Waals surface area contributed by atoms with Gasteiger partial charge in [-0.25, -0.2) is 4.79 Å². The van der Waals surface area contributed by atoms with Crippen LogP contribution in [0.3, 0.4) is 0 Å². The summed E-state index contributed by atoms with van der Waals surface area (Å²) in [6.07, 6.45) is 6.63. The molecule has 0 bridgehead atoms. The Labute approximate surface area is 66.9 Å². The molecule has 0 atom stereocenters. The minimum Gasteiger partial charge on any atom is -0.465 e. The van der Waals surface area contributed by atoms with Gasteiger partial charge in [-0.15, -0.1) is 0 Å². The molecule has 2 nitrogen and oxygen atoms in total. The second kappa shape index (κ2) is 5.47. The van der Waals surface area contributed by atoms with E-state index >= 15 is 0 Å². The molecule has 0 aromatic carbocycles. The van der Waals surface area contributed by atoms with Crippen molar-refractivity contribution in [1.82, 2.24) is 0 Å². The number of carbonyl (C=O) groups excluding carboxylic acids is 1. The van der Waals surface area contributed by atoms with E-state index < -0.39 is 0 Å². The summed E-state index contributed by atoms with van der Waals surface area (Å²) in [6, 6.07) is 0. The minimum atomic E-state index is -0.328. The first-order chi connectivity index (χ1) is 5.26. The molecule has 0 aromatic heterocycles. The van der Waals surface area contributed by atoms with Crippen LogP contribution in [0.25, 0.3) is 0 Å². The third kappa shape index (κ3) is 3.40. The molecule has 0 N–H and O–H groups in total. The number of carbonyl (C=O) groups is 1. The molecule has 0 radical (unpaired) electrons. The molecule has 11 heavy (non-hydrogen) atoms. The van der Waals surface area contributed by atoms with E-state index in [0.717, 1.165) is 0 Å². The molecule has 0 aromatic rings. The van der Waals surface area contributed by atoms with Crippen LogP contribution in [0.1, 0.15) is 6.92 Å². The van der Waals surface area contributed by atoms with Gasteiger partial charge in [-0.2, -0.15) is 0 Å². The summed E-state index contributed by atoms with van der Waals surface area (Å²) in [6.45, 7) is 5.26. The van der Waals surface area contributed by atoms with Gasteiger partial charge in [0.25, 0.3) is 0 Å². The Hall–Kier alpha value is -1.31. The van der Waals surface area contributed by atoms with Gasteiger partial charge in [-0.1, -0.05) is 24.8 Å². The van der Waals surface area contributed by atoms with Gasteiger partial charge >= 0.3 is 5.97 Å². The quantitative estimate of drug-likeness (QED) is 0.350.